The molecule has 0 aliphatic rings. The summed E-state index contributed by atoms with van der Waals surface area (Å²) in [5, 5.41) is 3.65. The van der Waals surface area contributed by atoms with Crippen LogP contribution in [0.3, 0.4) is 0 Å². The van der Waals surface area contributed by atoms with Crippen molar-refractivity contribution in [3.8, 4) is 0 Å². The molecule has 3 rings (SSSR count). The molecular weight excluding hydrogens is 356 g/mol. The second kappa shape index (κ2) is 5.18. The van der Waals surface area contributed by atoms with Crippen molar-refractivity contribution in [3.05, 3.63) is 9.50 Å². The summed E-state index contributed by atoms with van der Waals surface area (Å²) in [6.45, 7) is 0. The number of halogens is 2. The fourth-order valence-corrected chi connectivity index (χ4v) is 5.50. The number of hydrogen-bond acceptors (Lipinski definition) is 1. The standard InChI is InChI=1S/C12H12B6BrClS/c13-3-2-1-4(14)6(16)9(19)8(18)11(1)21-12(2)10(20)7(17)5(3)15/h13-18H2. The molecule has 0 saturated carbocycles. The van der Waals surface area contributed by atoms with Crippen LogP contribution >= 0.6 is 38.9 Å². The fourth-order valence-electron chi connectivity index (χ4n) is 3.10. The lowest BCUT2D eigenvalue weighted by molar-refractivity contribution is 1.99. The highest BCUT2D eigenvalue weighted by atomic mass is 79.9. The van der Waals surface area contributed by atoms with Gasteiger partial charge in [0, 0.05) is 9.17 Å². The Bertz CT molecular complexity index is 861. The molecule has 0 aliphatic heterocycles. The van der Waals surface area contributed by atoms with E-state index in [0.717, 1.165) is 5.02 Å². The number of thiophene rings is 1. The van der Waals surface area contributed by atoms with Gasteiger partial charge in [0.1, 0.15) is 47.1 Å². The van der Waals surface area contributed by atoms with E-state index in [1.54, 1.807) is 0 Å². The molecule has 0 unspecified atom stereocenters. The van der Waals surface area contributed by atoms with Crippen molar-refractivity contribution in [3.63, 3.8) is 0 Å². The van der Waals surface area contributed by atoms with Crippen LogP contribution < -0.4 is 32.8 Å². The third-order valence-electron chi connectivity index (χ3n) is 4.87. The van der Waals surface area contributed by atoms with Gasteiger partial charge in [-0.1, -0.05) is 60.3 Å². The highest BCUT2D eigenvalue weighted by Gasteiger charge is 2.19. The van der Waals surface area contributed by atoms with E-state index in [-0.39, 0.29) is 0 Å². The summed E-state index contributed by atoms with van der Waals surface area (Å²) in [5.41, 5.74) is 7.89. The van der Waals surface area contributed by atoms with Crippen molar-refractivity contribution in [2.45, 2.75) is 0 Å². The first kappa shape index (κ1) is 15.7. The topological polar surface area (TPSA) is 0 Å². The Morgan fingerprint density at radius 1 is 0.667 bits per heavy atom. The van der Waals surface area contributed by atoms with E-state index in [2.05, 4.69) is 63.0 Å². The molecule has 1 aromatic heterocycles. The van der Waals surface area contributed by atoms with Crippen LogP contribution in [0.5, 0.6) is 0 Å². The number of hydrogen-bond donors (Lipinski definition) is 0. The van der Waals surface area contributed by atoms with Crippen LogP contribution in [0.1, 0.15) is 0 Å². The third kappa shape index (κ3) is 2.02. The Morgan fingerprint density at radius 2 is 1.19 bits per heavy atom. The molecular formula is C12H12B6BrClS. The Balaban J connectivity index is 2.73. The smallest absolute Gasteiger partial charge is 0.134 e. The number of rotatable bonds is 0. The Kier molecular flexibility index (Phi) is 3.87. The van der Waals surface area contributed by atoms with Gasteiger partial charge >= 0.3 is 0 Å². The van der Waals surface area contributed by atoms with E-state index in [4.69, 9.17) is 11.6 Å². The van der Waals surface area contributed by atoms with Crippen molar-refractivity contribution >= 4 is 139 Å². The van der Waals surface area contributed by atoms with E-state index >= 15 is 0 Å². The van der Waals surface area contributed by atoms with Gasteiger partial charge in [0.05, 0.1) is 9.72 Å². The Morgan fingerprint density at radius 3 is 1.81 bits per heavy atom. The van der Waals surface area contributed by atoms with Crippen molar-refractivity contribution in [2.24, 2.45) is 0 Å². The van der Waals surface area contributed by atoms with Gasteiger partial charge < -0.3 is 0 Å². The summed E-state index contributed by atoms with van der Waals surface area (Å²) >= 11 is 12.2. The van der Waals surface area contributed by atoms with E-state index in [1.807, 2.05) is 11.3 Å². The molecule has 0 spiro atoms. The lowest BCUT2D eigenvalue weighted by atomic mass is 9.69. The van der Waals surface area contributed by atoms with Crippen molar-refractivity contribution < 1.29 is 0 Å². The fraction of sp³-hybridized carbons (Fsp3) is 0. The van der Waals surface area contributed by atoms with Crippen LogP contribution in [0.15, 0.2) is 4.47 Å². The van der Waals surface area contributed by atoms with Crippen LogP contribution in [-0.2, 0) is 0 Å². The van der Waals surface area contributed by atoms with E-state index < -0.39 is 0 Å². The average molecular weight is 369 g/mol. The second-order valence-electron chi connectivity index (χ2n) is 5.89. The molecule has 2 aromatic carbocycles. The molecule has 9 heteroatoms. The Labute approximate surface area is 148 Å². The molecule has 0 fully saturated rings. The zero-order chi connectivity index (χ0) is 15.6. The molecule has 1 heterocycles. The van der Waals surface area contributed by atoms with Crippen LogP contribution in [0, 0.1) is 0 Å². The molecule has 0 atom stereocenters. The van der Waals surface area contributed by atoms with Gasteiger partial charge in [0.15, 0.2) is 0 Å². The summed E-state index contributed by atoms with van der Waals surface area (Å²) in [5.74, 6) is 0. The predicted molar refractivity (Wildman–Crippen MR) is 121 cm³/mol. The predicted octanol–water partition coefficient (Wildman–Crippen LogP) is -4.98. The lowest BCUT2D eigenvalue weighted by Gasteiger charge is -2.13. The molecule has 0 radical (unpaired) electrons. The van der Waals surface area contributed by atoms with Gasteiger partial charge in [-0.15, -0.1) is 11.3 Å². The zero-order valence-corrected chi connectivity index (χ0v) is 16.3. The van der Waals surface area contributed by atoms with E-state index in [9.17, 15) is 0 Å². The summed E-state index contributed by atoms with van der Waals surface area (Å²) < 4.78 is 3.81. The van der Waals surface area contributed by atoms with Gasteiger partial charge in [-0.05, 0) is 10.8 Å². The van der Waals surface area contributed by atoms with Crippen LogP contribution in [0.4, 0.5) is 0 Å². The first-order valence-electron chi connectivity index (χ1n) is 7.04. The van der Waals surface area contributed by atoms with Gasteiger partial charge in [-0.2, -0.15) is 0 Å². The SMILES string of the molecule is Bc1c(B)c(B)c2c(sc3c(B)c(Br)c(B)c(B)c32)c1Cl. The average Bonchev–Trinajstić information content (AvgIpc) is 2.87. The van der Waals surface area contributed by atoms with Crippen LogP contribution in [0.25, 0.3) is 20.2 Å². The third-order valence-corrected chi connectivity index (χ3v) is 7.97. The monoisotopic (exact) mass is 368 g/mol. The molecule has 0 nitrogen and oxygen atoms in total. The highest BCUT2D eigenvalue weighted by Crippen LogP contribution is 2.34. The molecule has 0 bridgehead atoms. The molecule has 21 heavy (non-hydrogen) atoms. The lowest BCUT2D eigenvalue weighted by Crippen LogP contribution is -2.40. The minimum absolute atomic E-state index is 0.918. The van der Waals surface area contributed by atoms with Crippen LogP contribution in [-0.4, -0.2) is 47.1 Å². The Hall–Kier alpha value is -0.180. The maximum Gasteiger partial charge on any atom is 0.142 e. The van der Waals surface area contributed by atoms with Crippen molar-refractivity contribution in [1.82, 2.24) is 0 Å². The van der Waals surface area contributed by atoms with Gasteiger partial charge in [-0.25, -0.2) is 0 Å². The van der Waals surface area contributed by atoms with E-state index in [0.29, 0.717) is 0 Å². The van der Waals surface area contributed by atoms with E-state index in [1.165, 1.54) is 57.4 Å². The molecule has 0 aliphatic carbocycles. The summed E-state index contributed by atoms with van der Waals surface area (Å²) in [6, 6.07) is 0. The van der Waals surface area contributed by atoms with Gasteiger partial charge in [0.25, 0.3) is 0 Å². The summed E-state index contributed by atoms with van der Waals surface area (Å²) in [4.78, 5) is 0. The number of benzene rings is 2. The first-order chi connectivity index (χ1) is 9.77. The highest BCUT2D eigenvalue weighted by molar-refractivity contribution is 9.10. The maximum absolute atomic E-state index is 6.66. The van der Waals surface area contributed by atoms with Gasteiger partial charge in [-0.3, -0.25) is 0 Å². The zero-order valence-electron chi connectivity index (χ0n) is 13.2. The maximum atomic E-state index is 6.66. The first-order valence-corrected chi connectivity index (χ1v) is 9.02. The summed E-state index contributed by atoms with van der Waals surface area (Å²) in [7, 11) is 13.1. The van der Waals surface area contributed by atoms with Gasteiger partial charge in [0.2, 0.25) is 0 Å². The largest absolute Gasteiger partial charge is 0.142 e. The molecule has 0 saturated heterocycles. The second-order valence-corrected chi connectivity index (χ2v) is 8.08. The van der Waals surface area contributed by atoms with Crippen LogP contribution in [0.2, 0.25) is 5.02 Å². The normalized spacial score (nSPS) is 11.5. The molecule has 98 valence electrons. The van der Waals surface area contributed by atoms with Crippen molar-refractivity contribution in [1.29, 1.82) is 0 Å². The summed E-state index contributed by atoms with van der Waals surface area (Å²) in [6.07, 6.45) is 0. The number of fused-ring (bicyclic) bond motifs is 3. The molecule has 0 amide bonds. The minimum Gasteiger partial charge on any atom is -0.134 e. The quantitative estimate of drug-likeness (QED) is 0.349. The molecule has 3 aromatic rings. The minimum atomic E-state index is 0.918. The molecule has 0 N–H and O–H groups in total. The van der Waals surface area contributed by atoms with Crippen molar-refractivity contribution in [2.75, 3.05) is 0 Å².